The van der Waals surface area contributed by atoms with Crippen LogP contribution in [0, 0.1) is 0 Å². The molecule has 0 unspecified atom stereocenters. The monoisotopic (exact) mass is 485 g/mol. The van der Waals surface area contributed by atoms with Crippen molar-refractivity contribution in [3.63, 3.8) is 0 Å². The van der Waals surface area contributed by atoms with Crippen LogP contribution in [0.4, 0.5) is 4.79 Å². The third-order valence-corrected chi connectivity index (χ3v) is 5.41. The summed E-state index contributed by atoms with van der Waals surface area (Å²) in [5.74, 6) is 0.613. The highest BCUT2D eigenvalue weighted by Crippen LogP contribution is 2.19. The zero-order chi connectivity index (χ0) is 25.2. The summed E-state index contributed by atoms with van der Waals surface area (Å²) in [5, 5.41) is 2.53. The molecular weight excluding hydrogens is 458 g/mol. The lowest BCUT2D eigenvalue weighted by molar-refractivity contribution is -0.119. The van der Waals surface area contributed by atoms with E-state index in [-0.39, 0.29) is 13.0 Å². The van der Waals surface area contributed by atoms with Gasteiger partial charge in [-0.15, -0.1) is 0 Å². The number of oxazole rings is 1. The number of rotatable bonds is 11. The highest BCUT2D eigenvalue weighted by atomic mass is 16.5. The highest BCUT2D eigenvalue weighted by molar-refractivity contribution is 5.84. The van der Waals surface area contributed by atoms with Crippen molar-refractivity contribution in [2.75, 3.05) is 6.61 Å². The summed E-state index contributed by atoms with van der Waals surface area (Å²) in [6.07, 6.45) is 1.76. The summed E-state index contributed by atoms with van der Waals surface area (Å²) in [5.41, 5.74) is 8.88. The van der Waals surface area contributed by atoms with Crippen molar-refractivity contribution in [3.05, 3.63) is 108 Å². The number of benzene rings is 3. The maximum absolute atomic E-state index is 12.1. The molecule has 184 valence electrons. The van der Waals surface area contributed by atoms with Gasteiger partial charge in [-0.05, 0) is 35.4 Å². The molecular formula is C28H27N3O5. The molecule has 8 heteroatoms. The van der Waals surface area contributed by atoms with Crippen LogP contribution in [-0.2, 0) is 29.0 Å². The molecule has 2 amide bonds. The van der Waals surface area contributed by atoms with Gasteiger partial charge in [-0.3, -0.25) is 4.79 Å². The minimum atomic E-state index is -0.897. The van der Waals surface area contributed by atoms with E-state index in [4.69, 9.17) is 19.6 Å². The van der Waals surface area contributed by atoms with Gasteiger partial charge in [0.25, 0.3) is 0 Å². The van der Waals surface area contributed by atoms with E-state index in [1.807, 2.05) is 72.8 Å². The van der Waals surface area contributed by atoms with Crippen molar-refractivity contribution < 1.29 is 23.5 Å². The van der Waals surface area contributed by atoms with E-state index in [0.29, 0.717) is 24.7 Å². The first kappa shape index (κ1) is 24.5. The number of ether oxygens (including phenoxy) is 2. The molecule has 0 fully saturated rings. The first-order valence-electron chi connectivity index (χ1n) is 11.5. The molecule has 3 aromatic carbocycles. The van der Waals surface area contributed by atoms with Crippen LogP contribution >= 0.6 is 0 Å². The molecule has 0 aliphatic rings. The van der Waals surface area contributed by atoms with Crippen LogP contribution < -0.4 is 15.8 Å². The maximum Gasteiger partial charge on any atom is 0.408 e. The number of alkyl carbamates (subject to hydrolysis) is 1. The van der Waals surface area contributed by atoms with Gasteiger partial charge in [-0.25, -0.2) is 9.78 Å². The number of hydrogen-bond acceptors (Lipinski definition) is 6. The second-order valence-electron chi connectivity index (χ2n) is 8.12. The van der Waals surface area contributed by atoms with E-state index in [1.165, 1.54) is 0 Å². The van der Waals surface area contributed by atoms with Crippen LogP contribution in [0.25, 0.3) is 11.5 Å². The topological polar surface area (TPSA) is 117 Å². The van der Waals surface area contributed by atoms with E-state index in [0.717, 1.165) is 22.4 Å². The van der Waals surface area contributed by atoms with E-state index in [9.17, 15) is 9.59 Å². The fourth-order valence-electron chi connectivity index (χ4n) is 3.50. The van der Waals surface area contributed by atoms with E-state index < -0.39 is 18.0 Å². The third kappa shape index (κ3) is 7.20. The molecule has 1 heterocycles. The van der Waals surface area contributed by atoms with Crippen LogP contribution in [0.3, 0.4) is 0 Å². The third-order valence-electron chi connectivity index (χ3n) is 5.41. The van der Waals surface area contributed by atoms with Gasteiger partial charge in [0.1, 0.15) is 24.7 Å². The van der Waals surface area contributed by atoms with Gasteiger partial charge in [-0.2, -0.15) is 0 Å². The van der Waals surface area contributed by atoms with Crippen molar-refractivity contribution in [2.24, 2.45) is 5.73 Å². The lowest BCUT2D eigenvalue weighted by Crippen LogP contribution is -2.46. The quantitative estimate of drug-likeness (QED) is 0.327. The Bertz CT molecular complexity index is 1260. The van der Waals surface area contributed by atoms with Gasteiger partial charge in [0.2, 0.25) is 11.8 Å². The number of aromatic nitrogens is 1. The van der Waals surface area contributed by atoms with E-state index >= 15 is 0 Å². The molecule has 4 rings (SSSR count). The predicted molar refractivity (Wildman–Crippen MR) is 134 cm³/mol. The Morgan fingerprint density at radius 2 is 1.61 bits per heavy atom. The predicted octanol–water partition coefficient (Wildman–Crippen LogP) is 4.29. The zero-order valence-corrected chi connectivity index (χ0v) is 19.6. The van der Waals surface area contributed by atoms with Crippen molar-refractivity contribution in [3.8, 4) is 17.2 Å². The molecule has 0 aliphatic heterocycles. The largest absolute Gasteiger partial charge is 0.493 e. The lowest BCUT2D eigenvalue weighted by atomic mass is 10.1. The molecule has 0 saturated heterocycles. The molecule has 0 spiro atoms. The van der Waals surface area contributed by atoms with Crippen LogP contribution in [0.2, 0.25) is 0 Å². The minimum Gasteiger partial charge on any atom is -0.493 e. The van der Waals surface area contributed by atoms with Crippen molar-refractivity contribution in [1.82, 2.24) is 10.3 Å². The molecule has 0 saturated carbocycles. The summed E-state index contributed by atoms with van der Waals surface area (Å²) >= 11 is 0. The smallest absolute Gasteiger partial charge is 0.408 e. The van der Waals surface area contributed by atoms with Gasteiger partial charge in [0, 0.05) is 18.4 Å². The Hall–Kier alpha value is -4.59. The van der Waals surface area contributed by atoms with Crippen molar-refractivity contribution >= 4 is 12.0 Å². The Morgan fingerprint density at radius 1 is 0.917 bits per heavy atom. The average Bonchev–Trinajstić information content (AvgIpc) is 3.38. The van der Waals surface area contributed by atoms with Crippen molar-refractivity contribution in [2.45, 2.75) is 25.5 Å². The Kier molecular flexibility index (Phi) is 8.32. The van der Waals surface area contributed by atoms with Crippen LogP contribution in [-0.4, -0.2) is 29.6 Å². The molecule has 0 aliphatic carbocycles. The lowest BCUT2D eigenvalue weighted by Gasteiger charge is -2.16. The van der Waals surface area contributed by atoms with Gasteiger partial charge < -0.3 is 24.9 Å². The van der Waals surface area contributed by atoms with Crippen LogP contribution in [0.5, 0.6) is 5.75 Å². The fourth-order valence-corrected chi connectivity index (χ4v) is 3.50. The molecule has 0 bridgehead atoms. The second kappa shape index (κ2) is 12.2. The van der Waals surface area contributed by atoms with Crippen molar-refractivity contribution in [1.29, 1.82) is 0 Å². The maximum atomic E-state index is 12.1. The minimum absolute atomic E-state index is 0.103. The standard InChI is InChI=1S/C28H27N3O5/c29-26(32)25(31-28(33)36-18-21-7-3-1-4-8-21)17-20-11-13-24(14-12-20)34-16-15-23-19-35-27(30-23)22-9-5-2-6-10-22/h1-14,19,25H,15-18H2,(H2,29,32)(H,31,33)/t25-/m0/s1. The van der Waals surface area contributed by atoms with Gasteiger partial charge in [0.05, 0.1) is 12.3 Å². The number of nitrogens with two attached hydrogens (primary N) is 1. The summed E-state index contributed by atoms with van der Waals surface area (Å²) in [6, 6.07) is 25.3. The SMILES string of the molecule is NC(=O)[C@H](Cc1ccc(OCCc2coc(-c3ccccc3)n2)cc1)NC(=O)OCc1ccccc1. The first-order chi connectivity index (χ1) is 17.6. The normalized spacial score (nSPS) is 11.4. The molecule has 36 heavy (non-hydrogen) atoms. The Morgan fingerprint density at radius 3 is 2.31 bits per heavy atom. The number of nitrogens with zero attached hydrogens (tertiary/aromatic N) is 1. The van der Waals surface area contributed by atoms with E-state index in [2.05, 4.69) is 10.3 Å². The van der Waals surface area contributed by atoms with Gasteiger partial charge >= 0.3 is 6.09 Å². The number of carbonyl (C=O) groups excluding carboxylic acids is 2. The summed E-state index contributed by atoms with van der Waals surface area (Å²) < 4.78 is 16.5. The first-order valence-corrected chi connectivity index (χ1v) is 11.5. The Labute approximate surface area is 209 Å². The number of primary amides is 1. The summed E-state index contributed by atoms with van der Waals surface area (Å²) in [4.78, 5) is 28.5. The van der Waals surface area contributed by atoms with Crippen LogP contribution in [0.1, 0.15) is 16.8 Å². The molecule has 3 N–H and O–H groups in total. The summed E-state index contributed by atoms with van der Waals surface area (Å²) in [7, 11) is 0. The number of nitrogens with one attached hydrogen (secondary N) is 1. The molecule has 8 nitrogen and oxygen atoms in total. The zero-order valence-electron chi connectivity index (χ0n) is 19.6. The Balaban J connectivity index is 1.23. The molecule has 1 aromatic heterocycles. The molecule has 4 aromatic rings. The summed E-state index contributed by atoms with van der Waals surface area (Å²) in [6.45, 7) is 0.533. The highest BCUT2D eigenvalue weighted by Gasteiger charge is 2.19. The number of hydrogen-bond donors (Lipinski definition) is 2. The molecule has 1 atom stereocenters. The fraction of sp³-hybridized carbons (Fsp3) is 0.179. The molecule has 0 radical (unpaired) electrons. The average molecular weight is 486 g/mol. The van der Waals surface area contributed by atoms with E-state index in [1.54, 1.807) is 18.4 Å². The number of carbonyl (C=O) groups is 2. The van der Waals surface area contributed by atoms with Gasteiger partial charge in [0.15, 0.2) is 0 Å². The van der Waals surface area contributed by atoms with Crippen LogP contribution in [0.15, 0.2) is 95.6 Å². The number of amides is 2. The second-order valence-corrected chi connectivity index (χ2v) is 8.12. The van der Waals surface area contributed by atoms with Gasteiger partial charge in [-0.1, -0.05) is 60.7 Å².